The second-order valence-corrected chi connectivity index (χ2v) is 8.27. The lowest BCUT2D eigenvalue weighted by Crippen LogP contribution is -2.28. The number of hydrogen-bond donors (Lipinski definition) is 2. The number of nitrogens with two attached hydrogens (primary N) is 1. The monoisotopic (exact) mass is 318 g/mol. The molecular formula is C14H26N2O2S2. The van der Waals surface area contributed by atoms with Gasteiger partial charge in [0.25, 0.3) is 0 Å². The Bertz CT molecular complexity index is 509. The standard InChI is InChI=1S/C14H26N2O2S2/c1-4-6-7-12(5-2)10-16-20(17,18)14-8-11(3)13(9-15)19-14/h8,12,16H,4-7,9-10,15H2,1-3H3. The van der Waals surface area contributed by atoms with E-state index >= 15 is 0 Å². The highest BCUT2D eigenvalue weighted by Gasteiger charge is 2.19. The summed E-state index contributed by atoms with van der Waals surface area (Å²) in [6.45, 7) is 7.07. The van der Waals surface area contributed by atoms with Crippen LogP contribution in [0.1, 0.15) is 50.0 Å². The summed E-state index contributed by atoms with van der Waals surface area (Å²) < 4.78 is 27.7. The van der Waals surface area contributed by atoms with E-state index in [1.807, 2.05) is 6.92 Å². The number of unbranched alkanes of at least 4 members (excludes halogenated alkanes) is 1. The van der Waals surface area contributed by atoms with Gasteiger partial charge in [-0.15, -0.1) is 11.3 Å². The highest BCUT2D eigenvalue weighted by molar-refractivity contribution is 7.91. The summed E-state index contributed by atoms with van der Waals surface area (Å²) in [6, 6.07) is 1.71. The average molecular weight is 319 g/mol. The van der Waals surface area contributed by atoms with Gasteiger partial charge in [0.05, 0.1) is 0 Å². The van der Waals surface area contributed by atoms with E-state index in [4.69, 9.17) is 5.73 Å². The molecule has 6 heteroatoms. The topological polar surface area (TPSA) is 72.2 Å². The molecule has 4 nitrogen and oxygen atoms in total. The third kappa shape index (κ3) is 4.84. The molecule has 1 unspecified atom stereocenters. The van der Waals surface area contributed by atoms with Crippen LogP contribution in [0, 0.1) is 12.8 Å². The molecule has 0 radical (unpaired) electrons. The van der Waals surface area contributed by atoms with Gasteiger partial charge in [-0.05, 0) is 30.9 Å². The second kappa shape index (κ2) is 8.12. The van der Waals surface area contributed by atoms with Crippen molar-refractivity contribution in [3.63, 3.8) is 0 Å². The summed E-state index contributed by atoms with van der Waals surface area (Å²) in [7, 11) is -3.39. The van der Waals surface area contributed by atoms with Crippen molar-refractivity contribution in [2.75, 3.05) is 6.54 Å². The molecule has 1 atom stereocenters. The van der Waals surface area contributed by atoms with Crippen molar-refractivity contribution in [2.45, 2.75) is 57.2 Å². The van der Waals surface area contributed by atoms with Crippen LogP contribution in [0.2, 0.25) is 0 Å². The predicted octanol–water partition coefficient (Wildman–Crippen LogP) is 3.01. The van der Waals surface area contributed by atoms with E-state index in [1.54, 1.807) is 6.07 Å². The average Bonchev–Trinajstić information content (AvgIpc) is 2.81. The minimum Gasteiger partial charge on any atom is -0.326 e. The molecule has 1 aromatic heterocycles. The SMILES string of the molecule is CCCCC(CC)CNS(=O)(=O)c1cc(C)c(CN)s1. The third-order valence-corrected chi connectivity index (χ3v) is 6.71. The van der Waals surface area contributed by atoms with Gasteiger partial charge in [0.2, 0.25) is 10.0 Å². The van der Waals surface area contributed by atoms with Crippen LogP contribution < -0.4 is 10.5 Å². The molecule has 116 valence electrons. The zero-order valence-corrected chi connectivity index (χ0v) is 14.2. The number of thiophene rings is 1. The van der Waals surface area contributed by atoms with Crippen molar-refractivity contribution < 1.29 is 8.42 Å². The number of aryl methyl sites for hydroxylation is 1. The Morgan fingerprint density at radius 3 is 2.60 bits per heavy atom. The van der Waals surface area contributed by atoms with E-state index in [9.17, 15) is 8.42 Å². The molecule has 1 heterocycles. The van der Waals surface area contributed by atoms with Crippen molar-refractivity contribution in [1.82, 2.24) is 4.72 Å². The van der Waals surface area contributed by atoms with E-state index in [-0.39, 0.29) is 0 Å². The zero-order valence-electron chi connectivity index (χ0n) is 12.6. The first kappa shape index (κ1) is 17.6. The van der Waals surface area contributed by atoms with E-state index in [0.29, 0.717) is 23.2 Å². The molecule has 0 spiro atoms. The summed E-state index contributed by atoms with van der Waals surface area (Å²) >= 11 is 1.27. The fourth-order valence-corrected chi connectivity index (χ4v) is 4.69. The lowest BCUT2D eigenvalue weighted by Gasteiger charge is -2.14. The maximum Gasteiger partial charge on any atom is 0.250 e. The number of rotatable bonds is 9. The summed E-state index contributed by atoms with van der Waals surface area (Å²) in [6.07, 6.45) is 4.37. The van der Waals surface area contributed by atoms with Gasteiger partial charge in [0.1, 0.15) is 4.21 Å². The molecule has 1 aromatic rings. The van der Waals surface area contributed by atoms with E-state index in [0.717, 1.165) is 36.1 Å². The van der Waals surface area contributed by atoms with Gasteiger partial charge in [-0.1, -0.05) is 33.1 Å². The highest BCUT2D eigenvalue weighted by atomic mass is 32.2. The quantitative estimate of drug-likeness (QED) is 0.735. The molecule has 0 aliphatic carbocycles. The van der Waals surface area contributed by atoms with Crippen LogP contribution in [0.3, 0.4) is 0 Å². The van der Waals surface area contributed by atoms with Crippen molar-refractivity contribution >= 4 is 21.4 Å². The number of sulfonamides is 1. The third-order valence-electron chi connectivity index (χ3n) is 3.55. The number of hydrogen-bond acceptors (Lipinski definition) is 4. The minimum absolute atomic E-state index is 0.376. The Morgan fingerprint density at radius 2 is 2.10 bits per heavy atom. The molecule has 0 fully saturated rings. The maximum atomic E-state index is 12.3. The Hall–Kier alpha value is -0.430. The summed E-state index contributed by atoms with van der Waals surface area (Å²) in [5.41, 5.74) is 6.56. The lowest BCUT2D eigenvalue weighted by molar-refractivity contribution is 0.444. The Balaban J connectivity index is 2.69. The van der Waals surface area contributed by atoms with Gasteiger partial charge < -0.3 is 5.73 Å². The van der Waals surface area contributed by atoms with Gasteiger partial charge in [0, 0.05) is 18.0 Å². The molecule has 0 aliphatic heterocycles. The Morgan fingerprint density at radius 1 is 1.40 bits per heavy atom. The fraction of sp³-hybridized carbons (Fsp3) is 0.714. The molecule has 3 N–H and O–H groups in total. The normalized spacial score (nSPS) is 13.6. The highest BCUT2D eigenvalue weighted by Crippen LogP contribution is 2.25. The van der Waals surface area contributed by atoms with E-state index in [2.05, 4.69) is 18.6 Å². The Kier molecular flexibility index (Phi) is 7.15. The molecule has 0 bridgehead atoms. The smallest absolute Gasteiger partial charge is 0.250 e. The minimum atomic E-state index is -3.39. The molecule has 20 heavy (non-hydrogen) atoms. The van der Waals surface area contributed by atoms with Gasteiger partial charge in [-0.25, -0.2) is 13.1 Å². The van der Waals surface area contributed by atoms with Crippen LogP contribution in [-0.2, 0) is 16.6 Å². The molecule has 0 aromatic carbocycles. The summed E-state index contributed by atoms with van der Waals surface area (Å²) in [4.78, 5) is 0.934. The number of nitrogens with one attached hydrogen (secondary N) is 1. The molecule has 1 rings (SSSR count). The molecule has 0 saturated heterocycles. The van der Waals surface area contributed by atoms with Crippen molar-refractivity contribution in [2.24, 2.45) is 11.7 Å². The first-order valence-electron chi connectivity index (χ1n) is 7.23. The summed E-state index contributed by atoms with van der Waals surface area (Å²) in [5.74, 6) is 0.416. The second-order valence-electron chi connectivity index (χ2n) is 5.14. The van der Waals surface area contributed by atoms with E-state index < -0.39 is 10.0 Å². The van der Waals surface area contributed by atoms with Crippen LogP contribution in [-0.4, -0.2) is 15.0 Å². The van der Waals surface area contributed by atoms with Gasteiger partial charge in [-0.2, -0.15) is 0 Å². The largest absolute Gasteiger partial charge is 0.326 e. The maximum absolute atomic E-state index is 12.3. The van der Waals surface area contributed by atoms with Crippen LogP contribution in [0.15, 0.2) is 10.3 Å². The van der Waals surface area contributed by atoms with Crippen molar-refractivity contribution in [1.29, 1.82) is 0 Å². The van der Waals surface area contributed by atoms with Crippen LogP contribution in [0.4, 0.5) is 0 Å². The van der Waals surface area contributed by atoms with Crippen molar-refractivity contribution in [3.05, 3.63) is 16.5 Å². The molecule has 0 saturated carbocycles. The van der Waals surface area contributed by atoms with E-state index in [1.165, 1.54) is 11.3 Å². The first-order chi connectivity index (χ1) is 9.44. The van der Waals surface area contributed by atoms with Crippen LogP contribution in [0.5, 0.6) is 0 Å². The van der Waals surface area contributed by atoms with Crippen molar-refractivity contribution in [3.8, 4) is 0 Å². The van der Waals surface area contributed by atoms with Gasteiger partial charge >= 0.3 is 0 Å². The molecule has 0 aliphatic rings. The predicted molar refractivity (Wildman–Crippen MR) is 85.4 cm³/mol. The summed E-state index contributed by atoms with van der Waals surface area (Å²) in [5, 5.41) is 0. The molecule has 0 amide bonds. The Labute approximate surface area is 126 Å². The fourth-order valence-electron chi connectivity index (χ4n) is 2.07. The van der Waals surface area contributed by atoms with Crippen LogP contribution in [0.25, 0.3) is 0 Å². The van der Waals surface area contributed by atoms with Gasteiger partial charge in [0.15, 0.2) is 0 Å². The molecular weight excluding hydrogens is 292 g/mol. The zero-order chi connectivity index (χ0) is 15.2. The first-order valence-corrected chi connectivity index (χ1v) is 9.53. The lowest BCUT2D eigenvalue weighted by atomic mass is 10.00. The van der Waals surface area contributed by atoms with Crippen LogP contribution >= 0.6 is 11.3 Å². The van der Waals surface area contributed by atoms with Gasteiger partial charge in [-0.3, -0.25) is 0 Å².